The van der Waals surface area contributed by atoms with E-state index in [2.05, 4.69) is 37.4 Å². The molecule has 0 fully saturated rings. The number of hydrogen-bond donors (Lipinski definition) is 2. The molecule has 1 aliphatic heterocycles. The van der Waals surface area contributed by atoms with Gasteiger partial charge in [0.25, 0.3) is 0 Å². The molecule has 2 rings (SSSR count). The average Bonchev–Trinajstić information content (AvgIpc) is 2.46. The summed E-state index contributed by atoms with van der Waals surface area (Å²) in [5, 5.41) is 12.2. The van der Waals surface area contributed by atoms with Crippen molar-refractivity contribution in [2.24, 2.45) is 0 Å². The first-order chi connectivity index (χ1) is 10.2. The zero-order chi connectivity index (χ0) is 15.2. The number of allylic oxidation sites excluding steroid dienone is 4. The minimum Gasteiger partial charge on any atom is -0.493 e. The van der Waals surface area contributed by atoms with Crippen LogP contribution in [0, 0.1) is 0 Å². The Hall–Kier alpha value is -1.94. The molecule has 0 bridgehead atoms. The van der Waals surface area contributed by atoms with E-state index in [4.69, 9.17) is 14.6 Å². The van der Waals surface area contributed by atoms with E-state index < -0.39 is 0 Å². The lowest BCUT2D eigenvalue weighted by Crippen LogP contribution is -2.15. The van der Waals surface area contributed by atoms with Gasteiger partial charge < -0.3 is 19.9 Å². The van der Waals surface area contributed by atoms with Crippen LogP contribution in [-0.2, 0) is 0 Å². The fraction of sp³-hybridized carbons (Fsp3) is 0.412. The summed E-state index contributed by atoms with van der Waals surface area (Å²) in [5.74, 6) is 1.64. The monoisotopic (exact) mass is 289 g/mol. The summed E-state index contributed by atoms with van der Waals surface area (Å²) in [7, 11) is 1.64. The number of aliphatic hydroxyl groups is 1. The zero-order valence-corrected chi connectivity index (χ0v) is 12.8. The molecule has 0 atom stereocenters. The van der Waals surface area contributed by atoms with Crippen LogP contribution in [0.3, 0.4) is 0 Å². The van der Waals surface area contributed by atoms with Crippen molar-refractivity contribution in [2.45, 2.75) is 26.2 Å². The molecular formula is C17H23NO3. The third kappa shape index (κ3) is 3.79. The Kier molecular flexibility index (Phi) is 5.28. The number of dihydropyridines is 1. The molecule has 2 N–H and O–H groups in total. The first kappa shape index (κ1) is 15.4. The van der Waals surface area contributed by atoms with Crippen molar-refractivity contribution in [1.82, 2.24) is 5.32 Å². The molecule has 0 spiro atoms. The van der Waals surface area contributed by atoms with Crippen LogP contribution >= 0.6 is 0 Å². The highest BCUT2D eigenvalue weighted by atomic mass is 16.5. The summed E-state index contributed by atoms with van der Waals surface area (Å²) in [5.41, 5.74) is 3.33. The van der Waals surface area contributed by atoms with Crippen LogP contribution in [0.4, 0.5) is 0 Å². The molecule has 0 radical (unpaired) electrons. The van der Waals surface area contributed by atoms with Crippen LogP contribution in [0.5, 0.6) is 11.5 Å². The van der Waals surface area contributed by atoms with Crippen molar-refractivity contribution in [3.8, 4) is 11.5 Å². The van der Waals surface area contributed by atoms with E-state index in [1.807, 2.05) is 12.1 Å². The second-order valence-electron chi connectivity index (χ2n) is 5.15. The standard InChI is InChI=1S/C17H23NO3/c1-12-10-14(11-13(2)18-12)15-6-4-7-16(20-3)17(15)21-9-5-8-19/h4,6-7,10-11,14,18-19H,5,8-9H2,1-3H3. The highest BCUT2D eigenvalue weighted by Crippen LogP contribution is 2.38. The van der Waals surface area contributed by atoms with Crippen molar-refractivity contribution in [3.05, 3.63) is 47.3 Å². The van der Waals surface area contributed by atoms with E-state index in [0.29, 0.717) is 13.0 Å². The number of methoxy groups -OCH3 is 1. The van der Waals surface area contributed by atoms with E-state index >= 15 is 0 Å². The second-order valence-corrected chi connectivity index (χ2v) is 5.15. The third-order valence-corrected chi connectivity index (χ3v) is 3.39. The van der Waals surface area contributed by atoms with Gasteiger partial charge in [-0.05, 0) is 19.9 Å². The number of rotatable bonds is 6. The van der Waals surface area contributed by atoms with Crippen LogP contribution in [-0.4, -0.2) is 25.4 Å². The van der Waals surface area contributed by atoms with Gasteiger partial charge in [0.1, 0.15) is 0 Å². The summed E-state index contributed by atoms with van der Waals surface area (Å²) >= 11 is 0. The van der Waals surface area contributed by atoms with Gasteiger partial charge in [0.15, 0.2) is 11.5 Å². The second kappa shape index (κ2) is 7.18. The van der Waals surface area contributed by atoms with Gasteiger partial charge in [0.05, 0.1) is 13.7 Å². The van der Waals surface area contributed by atoms with E-state index in [1.165, 1.54) is 0 Å². The Morgan fingerprint density at radius 1 is 1.19 bits per heavy atom. The van der Waals surface area contributed by atoms with Gasteiger partial charge in [0.2, 0.25) is 0 Å². The predicted octanol–water partition coefficient (Wildman–Crippen LogP) is 2.95. The van der Waals surface area contributed by atoms with Gasteiger partial charge in [-0.1, -0.05) is 24.3 Å². The largest absolute Gasteiger partial charge is 0.493 e. The quantitative estimate of drug-likeness (QED) is 0.791. The Balaban J connectivity index is 2.35. The van der Waals surface area contributed by atoms with Crippen molar-refractivity contribution in [2.75, 3.05) is 20.3 Å². The Morgan fingerprint density at radius 2 is 1.90 bits per heavy atom. The van der Waals surface area contributed by atoms with Crippen LogP contribution in [0.1, 0.15) is 31.7 Å². The lowest BCUT2D eigenvalue weighted by molar-refractivity contribution is 0.227. The zero-order valence-electron chi connectivity index (χ0n) is 12.8. The number of benzene rings is 1. The number of nitrogens with one attached hydrogen (secondary N) is 1. The number of ether oxygens (including phenoxy) is 2. The maximum absolute atomic E-state index is 8.92. The molecule has 0 aliphatic carbocycles. The summed E-state index contributed by atoms with van der Waals surface area (Å²) in [6.45, 7) is 4.70. The molecule has 21 heavy (non-hydrogen) atoms. The van der Waals surface area contributed by atoms with E-state index in [-0.39, 0.29) is 12.5 Å². The van der Waals surface area contributed by atoms with Gasteiger partial charge in [-0.25, -0.2) is 0 Å². The molecule has 0 amide bonds. The number of para-hydroxylation sites is 1. The molecule has 4 heteroatoms. The lowest BCUT2D eigenvalue weighted by atomic mass is 9.93. The van der Waals surface area contributed by atoms with Crippen molar-refractivity contribution >= 4 is 0 Å². The SMILES string of the molecule is COc1cccc(C2C=C(C)NC(C)=C2)c1OCCCO. The molecule has 1 aromatic rings. The van der Waals surface area contributed by atoms with Crippen LogP contribution in [0.25, 0.3) is 0 Å². The minimum atomic E-state index is 0.121. The molecule has 1 heterocycles. The van der Waals surface area contributed by atoms with Crippen LogP contribution < -0.4 is 14.8 Å². The fourth-order valence-corrected chi connectivity index (χ4v) is 2.51. The van der Waals surface area contributed by atoms with Crippen molar-refractivity contribution in [1.29, 1.82) is 0 Å². The van der Waals surface area contributed by atoms with Gasteiger partial charge in [-0.3, -0.25) is 0 Å². The molecule has 114 valence electrons. The lowest BCUT2D eigenvalue weighted by Gasteiger charge is -2.22. The molecule has 0 saturated carbocycles. The molecule has 4 nitrogen and oxygen atoms in total. The summed E-state index contributed by atoms with van der Waals surface area (Å²) in [4.78, 5) is 0. The minimum absolute atomic E-state index is 0.121. The first-order valence-corrected chi connectivity index (χ1v) is 7.20. The van der Waals surface area contributed by atoms with Gasteiger partial charge in [-0.15, -0.1) is 0 Å². The molecular weight excluding hydrogens is 266 g/mol. The molecule has 0 unspecified atom stereocenters. The number of hydrogen-bond acceptors (Lipinski definition) is 4. The normalized spacial score (nSPS) is 15.0. The predicted molar refractivity (Wildman–Crippen MR) is 83.6 cm³/mol. The number of aliphatic hydroxyl groups excluding tert-OH is 1. The highest BCUT2D eigenvalue weighted by Gasteiger charge is 2.19. The fourth-order valence-electron chi connectivity index (χ4n) is 2.51. The maximum atomic E-state index is 8.92. The first-order valence-electron chi connectivity index (χ1n) is 7.20. The van der Waals surface area contributed by atoms with E-state index in [1.54, 1.807) is 7.11 Å². The van der Waals surface area contributed by atoms with Crippen LogP contribution in [0.2, 0.25) is 0 Å². The highest BCUT2D eigenvalue weighted by molar-refractivity contribution is 5.51. The van der Waals surface area contributed by atoms with Gasteiger partial charge in [-0.2, -0.15) is 0 Å². The maximum Gasteiger partial charge on any atom is 0.165 e. The molecule has 1 aromatic carbocycles. The smallest absolute Gasteiger partial charge is 0.165 e. The Labute approximate surface area is 126 Å². The molecule has 1 aliphatic rings. The molecule has 0 aromatic heterocycles. The molecule has 0 saturated heterocycles. The summed E-state index contributed by atoms with van der Waals surface area (Å²) in [6.07, 6.45) is 4.94. The average molecular weight is 289 g/mol. The van der Waals surface area contributed by atoms with Gasteiger partial charge >= 0.3 is 0 Å². The van der Waals surface area contributed by atoms with E-state index in [9.17, 15) is 0 Å². The van der Waals surface area contributed by atoms with Crippen molar-refractivity contribution in [3.63, 3.8) is 0 Å². The van der Waals surface area contributed by atoms with E-state index in [0.717, 1.165) is 28.5 Å². The third-order valence-electron chi connectivity index (χ3n) is 3.39. The summed E-state index contributed by atoms with van der Waals surface area (Å²) < 4.78 is 11.3. The Bertz CT molecular complexity index is 531. The van der Waals surface area contributed by atoms with Crippen LogP contribution in [0.15, 0.2) is 41.7 Å². The van der Waals surface area contributed by atoms with Gasteiger partial charge in [0, 0.05) is 35.9 Å². The Morgan fingerprint density at radius 3 is 2.52 bits per heavy atom. The topological polar surface area (TPSA) is 50.7 Å². The summed E-state index contributed by atoms with van der Waals surface area (Å²) in [6, 6.07) is 5.92. The van der Waals surface area contributed by atoms with Crippen molar-refractivity contribution < 1.29 is 14.6 Å².